The zero-order valence-corrected chi connectivity index (χ0v) is 17.5. The number of sulfonamides is 1. The third-order valence-corrected chi connectivity index (χ3v) is 6.31. The normalized spacial score (nSPS) is 13.6. The number of halogens is 4. The molecule has 7 nitrogen and oxygen atoms in total. The van der Waals surface area contributed by atoms with Crippen molar-refractivity contribution < 1.29 is 35.6 Å². The Labute approximate surface area is 189 Å². The molecule has 0 spiro atoms. The van der Waals surface area contributed by atoms with E-state index in [9.17, 15) is 35.6 Å². The third kappa shape index (κ3) is 3.86. The van der Waals surface area contributed by atoms with Gasteiger partial charge in [0.15, 0.2) is 0 Å². The molecular weight excluding hydrogens is 478 g/mol. The fourth-order valence-corrected chi connectivity index (χ4v) is 4.51. The van der Waals surface area contributed by atoms with Crippen LogP contribution in [0.1, 0.15) is 31.8 Å². The van der Waals surface area contributed by atoms with Crippen LogP contribution in [0.2, 0.25) is 0 Å². The Morgan fingerprint density at radius 1 is 0.941 bits per heavy atom. The van der Waals surface area contributed by atoms with E-state index < -0.39 is 44.3 Å². The molecule has 12 heteroatoms. The van der Waals surface area contributed by atoms with E-state index in [1.54, 1.807) is 0 Å². The molecule has 0 bridgehead atoms. The van der Waals surface area contributed by atoms with Gasteiger partial charge in [-0.2, -0.15) is 18.4 Å². The number of alkyl halides is 3. The molecule has 1 aliphatic rings. The van der Waals surface area contributed by atoms with Crippen LogP contribution in [0, 0.1) is 17.1 Å². The van der Waals surface area contributed by atoms with Gasteiger partial charge in [-0.3, -0.25) is 14.3 Å². The number of hydrogen-bond acceptors (Lipinski definition) is 5. The van der Waals surface area contributed by atoms with E-state index in [-0.39, 0.29) is 34.1 Å². The first-order chi connectivity index (χ1) is 15.9. The number of nitrogens with zero attached hydrogens (tertiary/aromatic N) is 2. The van der Waals surface area contributed by atoms with Crippen LogP contribution in [0.3, 0.4) is 0 Å². The quantitative estimate of drug-likeness (QED) is 0.434. The molecule has 172 valence electrons. The van der Waals surface area contributed by atoms with Gasteiger partial charge in [-0.05, 0) is 48.5 Å². The van der Waals surface area contributed by atoms with Crippen LogP contribution in [-0.2, 0) is 16.2 Å². The summed E-state index contributed by atoms with van der Waals surface area (Å²) in [6, 6.07) is 12.3. The first-order valence-corrected chi connectivity index (χ1v) is 10.8. The summed E-state index contributed by atoms with van der Waals surface area (Å²) >= 11 is 0. The maximum Gasteiger partial charge on any atom is 0.419 e. The van der Waals surface area contributed by atoms with E-state index >= 15 is 0 Å². The highest BCUT2D eigenvalue weighted by Gasteiger charge is 2.40. The lowest BCUT2D eigenvalue weighted by atomic mass is 10.1. The first kappa shape index (κ1) is 22.9. The molecule has 34 heavy (non-hydrogen) atoms. The second-order valence-electron chi connectivity index (χ2n) is 7.08. The first-order valence-electron chi connectivity index (χ1n) is 9.35. The summed E-state index contributed by atoms with van der Waals surface area (Å²) in [5, 5.41) is 9.07. The van der Waals surface area contributed by atoms with Crippen LogP contribution in [-0.4, -0.2) is 20.2 Å². The number of rotatable bonds is 4. The van der Waals surface area contributed by atoms with Crippen LogP contribution in [0.4, 0.5) is 28.9 Å². The number of carbonyl (C=O) groups excluding carboxylic acids is 2. The summed E-state index contributed by atoms with van der Waals surface area (Å²) < 4.78 is 80.2. The van der Waals surface area contributed by atoms with E-state index in [1.165, 1.54) is 36.4 Å². The Morgan fingerprint density at radius 3 is 2.32 bits per heavy atom. The molecule has 3 aromatic rings. The van der Waals surface area contributed by atoms with Gasteiger partial charge in [0.05, 0.1) is 44.6 Å². The average Bonchev–Trinajstić information content (AvgIpc) is 3.03. The molecule has 0 aromatic heterocycles. The highest BCUT2D eigenvalue weighted by molar-refractivity contribution is 7.92. The molecule has 0 saturated heterocycles. The zero-order chi connectivity index (χ0) is 24.8. The van der Waals surface area contributed by atoms with Gasteiger partial charge in [0, 0.05) is 0 Å². The molecule has 4 rings (SSSR count). The van der Waals surface area contributed by atoms with Crippen LogP contribution in [0.25, 0.3) is 0 Å². The summed E-state index contributed by atoms with van der Waals surface area (Å²) in [6.07, 6.45) is -5.13. The minimum Gasteiger partial charge on any atom is -0.279 e. The van der Waals surface area contributed by atoms with Crippen LogP contribution in [0.15, 0.2) is 65.6 Å². The van der Waals surface area contributed by atoms with Gasteiger partial charge in [-0.1, -0.05) is 12.1 Å². The fourth-order valence-electron chi connectivity index (χ4n) is 3.41. The van der Waals surface area contributed by atoms with E-state index in [1.807, 2.05) is 10.8 Å². The predicted octanol–water partition coefficient (Wildman–Crippen LogP) is 4.32. The summed E-state index contributed by atoms with van der Waals surface area (Å²) in [7, 11) is -4.71. The van der Waals surface area contributed by atoms with E-state index in [0.29, 0.717) is 12.1 Å². The van der Waals surface area contributed by atoms with Crippen molar-refractivity contribution in [1.82, 2.24) is 0 Å². The Hall–Kier alpha value is -4.24. The SMILES string of the molecule is N#Cc1cccc(N2C(=O)c3cccc(NS(=O)(=O)c4ccc(F)c(C(F)(F)F)c4)c3C2=O)c1. The molecule has 3 aromatic carbocycles. The lowest BCUT2D eigenvalue weighted by Gasteiger charge is -2.15. The van der Waals surface area contributed by atoms with Crippen molar-refractivity contribution >= 4 is 33.2 Å². The van der Waals surface area contributed by atoms with Crippen molar-refractivity contribution in [2.45, 2.75) is 11.1 Å². The van der Waals surface area contributed by atoms with Crippen molar-refractivity contribution in [1.29, 1.82) is 5.26 Å². The average molecular weight is 489 g/mol. The Morgan fingerprint density at radius 2 is 1.65 bits per heavy atom. The highest BCUT2D eigenvalue weighted by Crippen LogP contribution is 2.36. The smallest absolute Gasteiger partial charge is 0.279 e. The molecule has 0 saturated carbocycles. The predicted molar refractivity (Wildman–Crippen MR) is 111 cm³/mol. The monoisotopic (exact) mass is 489 g/mol. The molecule has 1 N–H and O–H groups in total. The van der Waals surface area contributed by atoms with Gasteiger partial charge in [0.1, 0.15) is 5.82 Å². The summed E-state index contributed by atoms with van der Waals surface area (Å²) in [5.74, 6) is -3.33. The third-order valence-electron chi connectivity index (χ3n) is 4.95. The molecule has 0 atom stereocenters. The van der Waals surface area contributed by atoms with Gasteiger partial charge >= 0.3 is 6.18 Å². The Balaban J connectivity index is 1.75. The number of carbonyl (C=O) groups is 2. The van der Waals surface area contributed by atoms with Crippen molar-refractivity contribution in [2.24, 2.45) is 0 Å². The molecule has 0 unspecified atom stereocenters. The highest BCUT2D eigenvalue weighted by atomic mass is 32.2. The van der Waals surface area contributed by atoms with Gasteiger partial charge < -0.3 is 0 Å². The fraction of sp³-hybridized carbons (Fsp3) is 0.0455. The Kier molecular flexibility index (Phi) is 5.37. The van der Waals surface area contributed by atoms with Crippen LogP contribution < -0.4 is 9.62 Å². The van der Waals surface area contributed by atoms with E-state index in [0.717, 1.165) is 11.0 Å². The van der Waals surface area contributed by atoms with Crippen LogP contribution in [0.5, 0.6) is 0 Å². The number of anilines is 2. The van der Waals surface area contributed by atoms with E-state index in [2.05, 4.69) is 0 Å². The second kappa shape index (κ2) is 7.96. The number of nitrogens with one attached hydrogen (secondary N) is 1. The largest absolute Gasteiger partial charge is 0.419 e. The topological polar surface area (TPSA) is 107 Å². The van der Waals surface area contributed by atoms with Crippen molar-refractivity contribution in [3.63, 3.8) is 0 Å². The molecule has 1 aliphatic heterocycles. The minimum absolute atomic E-state index is 0.0763. The summed E-state index contributed by atoms with van der Waals surface area (Å²) in [4.78, 5) is 25.8. The Bertz CT molecular complexity index is 1510. The lowest BCUT2D eigenvalue weighted by Crippen LogP contribution is -2.29. The number of benzene rings is 3. The maximum absolute atomic E-state index is 13.6. The van der Waals surface area contributed by atoms with Gasteiger partial charge in [-0.25, -0.2) is 17.7 Å². The van der Waals surface area contributed by atoms with Crippen molar-refractivity contribution in [3.05, 3.63) is 88.7 Å². The number of nitriles is 1. The second-order valence-corrected chi connectivity index (χ2v) is 8.76. The van der Waals surface area contributed by atoms with Crippen LogP contribution >= 0.6 is 0 Å². The number of amides is 2. The van der Waals surface area contributed by atoms with Crippen molar-refractivity contribution in [2.75, 3.05) is 9.62 Å². The standard InChI is InChI=1S/C22H11F4N3O4S/c23-17-8-7-14(10-16(17)22(24,25)26)34(32,33)28-18-6-2-5-15-19(18)21(31)29(20(15)30)13-4-1-3-12(9-13)11-27/h1-10,28H. The molecule has 2 amide bonds. The summed E-state index contributed by atoms with van der Waals surface area (Å²) in [6.45, 7) is 0. The molecule has 0 aliphatic carbocycles. The zero-order valence-electron chi connectivity index (χ0n) is 16.7. The van der Waals surface area contributed by atoms with Gasteiger partial charge in [-0.15, -0.1) is 0 Å². The molecule has 0 radical (unpaired) electrons. The number of fused-ring (bicyclic) bond motifs is 1. The molecule has 1 heterocycles. The molecule has 0 fully saturated rings. The maximum atomic E-state index is 13.6. The summed E-state index contributed by atoms with van der Waals surface area (Å²) in [5.41, 5.74) is -2.35. The van der Waals surface area contributed by atoms with E-state index in [4.69, 9.17) is 5.26 Å². The van der Waals surface area contributed by atoms with Gasteiger partial charge in [0.25, 0.3) is 21.8 Å². The molecular formula is C22H11F4N3O4S. The number of hydrogen-bond donors (Lipinski definition) is 1. The number of imide groups is 1. The minimum atomic E-state index is -5.13. The lowest BCUT2D eigenvalue weighted by molar-refractivity contribution is -0.140. The van der Waals surface area contributed by atoms with Crippen molar-refractivity contribution in [3.8, 4) is 6.07 Å². The van der Waals surface area contributed by atoms with Gasteiger partial charge in [0.2, 0.25) is 0 Å².